The summed E-state index contributed by atoms with van der Waals surface area (Å²) in [6.07, 6.45) is 0. The van der Waals surface area contributed by atoms with Gasteiger partial charge in [-0.05, 0) is 28.8 Å². The van der Waals surface area contributed by atoms with E-state index in [0.717, 1.165) is 21.2 Å². The number of nitrogens with one attached hydrogen (secondary N) is 2. The van der Waals surface area contributed by atoms with E-state index in [-0.39, 0.29) is 12.6 Å². The lowest BCUT2D eigenvalue weighted by Gasteiger charge is -2.10. The van der Waals surface area contributed by atoms with Gasteiger partial charge in [0.2, 0.25) is 0 Å². The highest BCUT2D eigenvalue weighted by molar-refractivity contribution is 9.10. The minimum absolute atomic E-state index is 0.0302. The first-order valence-corrected chi connectivity index (χ1v) is 7.42. The van der Waals surface area contributed by atoms with Gasteiger partial charge in [0.25, 0.3) is 0 Å². The van der Waals surface area contributed by atoms with Crippen molar-refractivity contribution in [2.24, 2.45) is 0 Å². The van der Waals surface area contributed by atoms with Crippen molar-refractivity contribution in [1.82, 2.24) is 10.6 Å². The average Bonchev–Trinajstić information content (AvgIpc) is 2.51. The zero-order valence-corrected chi connectivity index (χ0v) is 13.1. The zero-order valence-electron chi connectivity index (χ0n) is 11.5. The van der Waals surface area contributed by atoms with Crippen molar-refractivity contribution in [3.8, 4) is 0 Å². The minimum Gasteiger partial charge on any atom is -0.392 e. The predicted molar refractivity (Wildman–Crippen MR) is 85.6 cm³/mol. The molecule has 0 aliphatic carbocycles. The molecule has 0 aliphatic heterocycles. The Morgan fingerprint density at radius 1 is 1.00 bits per heavy atom. The van der Waals surface area contributed by atoms with Crippen molar-refractivity contribution in [3.63, 3.8) is 0 Å². The Bertz CT molecular complexity index is 617. The van der Waals surface area contributed by atoms with Gasteiger partial charge in [0, 0.05) is 17.6 Å². The second-order valence-corrected chi connectivity index (χ2v) is 5.51. The van der Waals surface area contributed by atoms with Crippen LogP contribution in [0.5, 0.6) is 0 Å². The van der Waals surface area contributed by atoms with Crippen molar-refractivity contribution in [2.45, 2.75) is 19.7 Å². The van der Waals surface area contributed by atoms with Crippen LogP contribution in [0.1, 0.15) is 16.7 Å². The summed E-state index contributed by atoms with van der Waals surface area (Å²) in [7, 11) is 0. The molecular weight excluding hydrogens is 332 g/mol. The smallest absolute Gasteiger partial charge is 0.315 e. The van der Waals surface area contributed by atoms with Crippen LogP contribution in [0.3, 0.4) is 0 Å². The first kappa shape index (κ1) is 15.5. The van der Waals surface area contributed by atoms with E-state index in [1.807, 2.05) is 48.5 Å². The van der Waals surface area contributed by atoms with Crippen LogP contribution in [0, 0.1) is 0 Å². The van der Waals surface area contributed by atoms with Crippen molar-refractivity contribution >= 4 is 22.0 Å². The quantitative estimate of drug-likeness (QED) is 0.777. The highest BCUT2D eigenvalue weighted by Gasteiger charge is 2.04. The molecule has 0 aromatic heterocycles. The molecule has 0 radical (unpaired) electrons. The third-order valence-corrected chi connectivity index (χ3v) is 3.56. The highest BCUT2D eigenvalue weighted by Crippen LogP contribution is 2.11. The van der Waals surface area contributed by atoms with Crippen LogP contribution >= 0.6 is 15.9 Å². The van der Waals surface area contributed by atoms with Gasteiger partial charge in [0.05, 0.1) is 6.61 Å². The van der Waals surface area contributed by atoms with Crippen LogP contribution in [0.25, 0.3) is 0 Å². The first-order chi connectivity index (χ1) is 10.2. The number of aliphatic hydroxyl groups excluding tert-OH is 1. The van der Waals surface area contributed by atoms with E-state index >= 15 is 0 Å². The molecule has 0 aliphatic rings. The molecule has 0 bridgehead atoms. The summed E-state index contributed by atoms with van der Waals surface area (Å²) in [6.45, 7) is 0.825. The first-order valence-electron chi connectivity index (χ1n) is 6.63. The van der Waals surface area contributed by atoms with Gasteiger partial charge in [-0.3, -0.25) is 0 Å². The van der Waals surface area contributed by atoms with Crippen LogP contribution in [0.4, 0.5) is 4.79 Å². The summed E-state index contributed by atoms with van der Waals surface area (Å²) in [5.74, 6) is 0. The maximum Gasteiger partial charge on any atom is 0.315 e. The summed E-state index contributed by atoms with van der Waals surface area (Å²) in [6, 6.07) is 15.0. The molecular formula is C16H17BrN2O2. The summed E-state index contributed by atoms with van der Waals surface area (Å²) < 4.78 is 0.985. The predicted octanol–water partition coefficient (Wildman–Crippen LogP) is 2.94. The summed E-state index contributed by atoms with van der Waals surface area (Å²) in [5, 5.41) is 14.8. The maximum atomic E-state index is 11.8. The second-order valence-electron chi connectivity index (χ2n) is 4.59. The number of rotatable bonds is 5. The highest BCUT2D eigenvalue weighted by atomic mass is 79.9. The molecule has 2 rings (SSSR count). The van der Waals surface area contributed by atoms with Gasteiger partial charge >= 0.3 is 6.03 Å². The number of amides is 2. The van der Waals surface area contributed by atoms with Crippen molar-refractivity contribution in [1.29, 1.82) is 0 Å². The van der Waals surface area contributed by atoms with Crippen LogP contribution in [-0.4, -0.2) is 11.1 Å². The Kier molecular flexibility index (Phi) is 5.78. The molecule has 2 aromatic rings. The monoisotopic (exact) mass is 348 g/mol. The van der Waals surface area contributed by atoms with E-state index in [1.165, 1.54) is 0 Å². The molecule has 0 saturated heterocycles. The van der Waals surface area contributed by atoms with E-state index in [2.05, 4.69) is 26.6 Å². The van der Waals surface area contributed by atoms with Crippen LogP contribution in [0.15, 0.2) is 53.0 Å². The number of urea groups is 1. The third-order valence-electron chi connectivity index (χ3n) is 3.07. The van der Waals surface area contributed by atoms with Crippen molar-refractivity contribution < 1.29 is 9.90 Å². The van der Waals surface area contributed by atoms with E-state index in [9.17, 15) is 9.90 Å². The normalized spacial score (nSPS) is 10.2. The molecule has 0 spiro atoms. The average molecular weight is 349 g/mol. The lowest BCUT2D eigenvalue weighted by molar-refractivity contribution is 0.239. The molecule has 2 amide bonds. The molecule has 4 nitrogen and oxygen atoms in total. The van der Waals surface area contributed by atoms with E-state index in [0.29, 0.717) is 13.1 Å². The molecule has 3 N–H and O–H groups in total. The Hall–Kier alpha value is -1.85. The van der Waals surface area contributed by atoms with Gasteiger partial charge in [-0.2, -0.15) is 0 Å². The molecule has 21 heavy (non-hydrogen) atoms. The number of benzene rings is 2. The van der Waals surface area contributed by atoms with Crippen LogP contribution in [-0.2, 0) is 19.7 Å². The van der Waals surface area contributed by atoms with Crippen molar-refractivity contribution in [3.05, 3.63) is 69.7 Å². The van der Waals surface area contributed by atoms with Gasteiger partial charge in [-0.25, -0.2) is 4.79 Å². The van der Waals surface area contributed by atoms with Gasteiger partial charge in [-0.15, -0.1) is 0 Å². The fraction of sp³-hybridized carbons (Fsp3) is 0.188. The number of hydrogen-bond acceptors (Lipinski definition) is 2. The van der Waals surface area contributed by atoms with Crippen LogP contribution in [0.2, 0.25) is 0 Å². The Labute approximate surface area is 132 Å². The van der Waals surface area contributed by atoms with Crippen molar-refractivity contribution in [2.75, 3.05) is 0 Å². The molecule has 110 valence electrons. The third kappa shape index (κ3) is 4.88. The standard InChI is InChI=1S/C16H17BrN2O2/c17-15-7-3-4-12(8-15)9-18-16(21)19-10-13-5-1-2-6-14(13)11-20/h1-8,20H,9-11H2,(H2,18,19,21). The number of carbonyl (C=O) groups excluding carboxylic acids is 1. The Morgan fingerprint density at radius 3 is 2.43 bits per heavy atom. The van der Waals surface area contributed by atoms with E-state index in [1.54, 1.807) is 0 Å². The molecule has 0 saturated carbocycles. The fourth-order valence-corrected chi connectivity index (χ4v) is 2.40. The summed E-state index contributed by atoms with van der Waals surface area (Å²) in [4.78, 5) is 11.8. The number of halogens is 1. The summed E-state index contributed by atoms with van der Waals surface area (Å²) >= 11 is 3.39. The van der Waals surface area contributed by atoms with Gasteiger partial charge in [0.1, 0.15) is 0 Å². The topological polar surface area (TPSA) is 61.4 Å². The lowest BCUT2D eigenvalue weighted by atomic mass is 10.1. The largest absolute Gasteiger partial charge is 0.392 e. The molecule has 0 fully saturated rings. The maximum absolute atomic E-state index is 11.8. The Balaban J connectivity index is 1.82. The summed E-state index contributed by atoms with van der Waals surface area (Å²) in [5.41, 5.74) is 2.76. The fourth-order valence-electron chi connectivity index (χ4n) is 1.95. The zero-order chi connectivity index (χ0) is 15.1. The van der Waals surface area contributed by atoms with Gasteiger partial charge in [-0.1, -0.05) is 52.3 Å². The molecule has 0 heterocycles. The SMILES string of the molecule is O=C(NCc1cccc(Br)c1)NCc1ccccc1CO. The van der Waals surface area contributed by atoms with Gasteiger partial charge in [0.15, 0.2) is 0 Å². The lowest BCUT2D eigenvalue weighted by Crippen LogP contribution is -2.34. The molecule has 2 aromatic carbocycles. The molecule has 0 atom stereocenters. The second kappa shape index (κ2) is 7.81. The molecule has 0 unspecified atom stereocenters. The number of carbonyl (C=O) groups is 1. The van der Waals surface area contributed by atoms with Gasteiger partial charge < -0.3 is 15.7 Å². The number of hydrogen-bond donors (Lipinski definition) is 3. The van der Waals surface area contributed by atoms with Crippen LogP contribution < -0.4 is 10.6 Å². The van der Waals surface area contributed by atoms with E-state index < -0.39 is 0 Å². The minimum atomic E-state index is -0.234. The molecule has 5 heteroatoms. The number of aliphatic hydroxyl groups is 1. The van der Waals surface area contributed by atoms with E-state index in [4.69, 9.17) is 0 Å². The Morgan fingerprint density at radius 2 is 1.71 bits per heavy atom.